The number of hydrogen-bond acceptors (Lipinski definition) is 3. The molecule has 1 aromatic carbocycles. The quantitative estimate of drug-likeness (QED) is 0.825. The number of pyridine rings is 1. The van der Waals surface area contributed by atoms with Gasteiger partial charge in [-0.25, -0.2) is 9.18 Å². The minimum absolute atomic E-state index is 0.140. The number of aromatic nitrogens is 1. The summed E-state index contributed by atoms with van der Waals surface area (Å²) >= 11 is 0. The molecule has 1 fully saturated rings. The molecule has 2 amide bonds. The lowest BCUT2D eigenvalue weighted by molar-refractivity contribution is -0.125. The van der Waals surface area contributed by atoms with Crippen molar-refractivity contribution < 1.29 is 19.1 Å². The fraction of sp³-hybridized carbons (Fsp3) is 0.381. The van der Waals surface area contributed by atoms with Crippen LogP contribution in [0.1, 0.15) is 49.0 Å². The van der Waals surface area contributed by atoms with Gasteiger partial charge in [0.15, 0.2) is 0 Å². The molecule has 2 aromatic rings. The molecule has 2 N–H and O–H groups in total. The van der Waals surface area contributed by atoms with Gasteiger partial charge in [-0.1, -0.05) is 50.2 Å². The van der Waals surface area contributed by atoms with E-state index in [1.165, 1.54) is 0 Å². The number of carbonyl (C=O) groups is 2. The molecule has 6 nitrogen and oxygen atoms in total. The Kier molecular flexibility index (Phi) is 5.92. The predicted octanol–water partition coefficient (Wildman–Crippen LogP) is 3.50. The molecule has 0 spiro atoms. The molecule has 2 heterocycles. The first-order chi connectivity index (χ1) is 13.4. The molecule has 2 unspecified atom stereocenters. The van der Waals surface area contributed by atoms with E-state index in [0.717, 1.165) is 16.0 Å². The first-order valence-corrected chi connectivity index (χ1v) is 9.31. The maximum absolute atomic E-state index is 13.8. The largest absolute Gasteiger partial charge is 0.465 e. The van der Waals surface area contributed by atoms with Crippen LogP contribution in [-0.4, -0.2) is 45.7 Å². The van der Waals surface area contributed by atoms with Crippen molar-refractivity contribution >= 4 is 12.0 Å². The third-order valence-electron chi connectivity index (χ3n) is 4.99. The maximum Gasteiger partial charge on any atom is 0.408 e. The number of likely N-dealkylation sites (tertiary alicyclic amines) is 1. The molecule has 1 aromatic heterocycles. The van der Waals surface area contributed by atoms with Gasteiger partial charge in [-0.05, 0) is 23.1 Å². The molecule has 1 aliphatic rings. The molecule has 0 radical (unpaired) electrons. The molecule has 7 heteroatoms. The number of hydrogen-bond donors (Lipinski definition) is 2. The average molecular weight is 385 g/mol. The third kappa shape index (κ3) is 4.30. The monoisotopic (exact) mass is 385 g/mol. The van der Waals surface area contributed by atoms with Crippen LogP contribution in [0.3, 0.4) is 0 Å². The van der Waals surface area contributed by atoms with Gasteiger partial charge in [0.2, 0.25) is 5.91 Å². The Bertz CT molecular complexity index is 827. The number of halogens is 1. The van der Waals surface area contributed by atoms with E-state index in [9.17, 15) is 19.1 Å². The van der Waals surface area contributed by atoms with Crippen LogP contribution in [-0.2, 0) is 4.79 Å². The van der Waals surface area contributed by atoms with Gasteiger partial charge in [0, 0.05) is 12.6 Å². The van der Waals surface area contributed by atoms with Gasteiger partial charge in [-0.3, -0.25) is 14.7 Å². The van der Waals surface area contributed by atoms with Crippen LogP contribution in [0.25, 0.3) is 0 Å². The molecule has 0 aliphatic carbocycles. The molecular formula is C21H24FN3O3. The van der Waals surface area contributed by atoms with Crippen LogP contribution in [0, 0.1) is 0 Å². The fourth-order valence-corrected chi connectivity index (χ4v) is 3.39. The lowest BCUT2D eigenvalue weighted by Crippen LogP contribution is -2.46. The highest BCUT2D eigenvalue weighted by Crippen LogP contribution is 2.25. The summed E-state index contributed by atoms with van der Waals surface area (Å²) in [5.74, 6) is -0.193. The molecule has 3 rings (SSSR count). The van der Waals surface area contributed by atoms with Crippen molar-refractivity contribution in [1.29, 1.82) is 0 Å². The second-order valence-electron chi connectivity index (χ2n) is 7.31. The van der Waals surface area contributed by atoms with Crippen molar-refractivity contribution in [2.45, 2.75) is 44.4 Å². The zero-order chi connectivity index (χ0) is 20.3. The number of alkyl halides is 1. The van der Waals surface area contributed by atoms with Crippen LogP contribution < -0.4 is 5.32 Å². The Morgan fingerprint density at radius 1 is 1.18 bits per heavy atom. The number of benzene rings is 1. The van der Waals surface area contributed by atoms with E-state index in [0.29, 0.717) is 11.6 Å². The zero-order valence-corrected chi connectivity index (χ0v) is 15.9. The first kappa shape index (κ1) is 19.8. The number of rotatable bonds is 5. The number of amides is 2. The number of nitrogens with zero attached hydrogens (tertiary/aromatic N) is 2. The van der Waals surface area contributed by atoms with E-state index in [-0.39, 0.29) is 13.0 Å². The normalized spacial score (nSPS) is 20.2. The van der Waals surface area contributed by atoms with Gasteiger partial charge in [-0.15, -0.1) is 0 Å². The van der Waals surface area contributed by atoms with Crippen LogP contribution >= 0.6 is 0 Å². The lowest BCUT2D eigenvalue weighted by atomic mass is 10.00. The van der Waals surface area contributed by atoms with E-state index in [2.05, 4.69) is 24.1 Å². The van der Waals surface area contributed by atoms with Crippen molar-refractivity contribution in [3.05, 3.63) is 65.5 Å². The molecular weight excluding hydrogens is 361 g/mol. The molecule has 3 atom stereocenters. The second kappa shape index (κ2) is 8.37. The van der Waals surface area contributed by atoms with E-state index in [1.807, 2.05) is 42.5 Å². The third-order valence-corrected chi connectivity index (χ3v) is 4.99. The summed E-state index contributed by atoms with van der Waals surface area (Å²) in [6, 6.07) is 11.5. The number of carboxylic acid groups (broad SMARTS) is 1. The van der Waals surface area contributed by atoms with E-state index >= 15 is 0 Å². The molecule has 1 saturated heterocycles. The average Bonchev–Trinajstić information content (AvgIpc) is 3.09. The van der Waals surface area contributed by atoms with Gasteiger partial charge in [0.1, 0.15) is 12.2 Å². The Morgan fingerprint density at radius 3 is 2.46 bits per heavy atom. The van der Waals surface area contributed by atoms with E-state index < -0.39 is 30.3 Å². The second-order valence-corrected chi connectivity index (χ2v) is 7.31. The Hall–Kier alpha value is -2.96. The molecule has 0 saturated carbocycles. The smallest absolute Gasteiger partial charge is 0.408 e. The minimum atomic E-state index is -1.34. The van der Waals surface area contributed by atoms with Gasteiger partial charge < -0.3 is 10.4 Å². The van der Waals surface area contributed by atoms with Crippen molar-refractivity contribution in [2.75, 3.05) is 6.54 Å². The highest BCUT2D eigenvalue weighted by atomic mass is 19.1. The summed E-state index contributed by atoms with van der Waals surface area (Å²) in [6.45, 7) is 3.85. The SMILES string of the molecule is CC(C)c1ccc([C@@H](NC(=O)C2CC(F)CN2C(=O)O)c2ccccc2)nc1. The summed E-state index contributed by atoms with van der Waals surface area (Å²) in [5, 5.41) is 12.1. The van der Waals surface area contributed by atoms with Crippen LogP contribution in [0.2, 0.25) is 0 Å². The minimum Gasteiger partial charge on any atom is -0.465 e. The molecule has 0 bridgehead atoms. The number of carbonyl (C=O) groups excluding carboxylic acids is 1. The van der Waals surface area contributed by atoms with Gasteiger partial charge in [-0.2, -0.15) is 0 Å². The van der Waals surface area contributed by atoms with Crippen molar-refractivity contribution in [1.82, 2.24) is 15.2 Å². The summed E-state index contributed by atoms with van der Waals surface area (Å²) in [6.07, 6.45) is -1.00. The van der Waals surface area contributed by atoms with E-state index in [1.54, 1.807) is 6.20 Å². The molecule has 28 heavy (non-hydrogen) atoms. The van der Waals surface area contributed by atoms with Crippen molar-refractivity contribution in [3.63, 3.8) is 0 Å². The highest BCUT2D eigenvalue weighted by Gasteiger charge is 2.40. The Morgan fingerprint density at radius 2 is 1.89 bits per heavy atom. The standard InChI is InChI=1S/C21H24FN3O3/c1-13(2)15-8-9-17(23-11-15)19(14-6-4-3-5-7-14)24-20(26)18-10-16(22)12-25(18)21(27)28/h3-9,11,13,16,18-19H,10,12H2,1-2H3,(H,24,26)(H,27,28)/t16?,18?,19-/m0/s1. The first-order valence-electron chi connectivity index (χ1n) is 9.31. The Balaban J connectivity index is 1.87. The van der Waals surface area contributed by atoms with Gasteiger partial charge in [0.05, 0.1) is 18.3 Å². The summed E-state index contributed by atoms with van der Waals surface area (Å²) in [5.41, 5.74) is 2.54. The van der Waals surface area contributed by atoms with Crippen molar-refractivity contribution in [2.24, 2.45) is 0 Å². The summed E-state index contributed by atoms with van der Waals surface area (Å²) < 4.78 is 13.8. The Labute approximate surface area is 163 Å². The van der Waals surface area contributed by atoms with Crippen LogP contribution in [0.4, 0.5) is 9.18 Å². The predicted molar refractivity (Wildman–Crippen MR) is 103 cm³/mol. The van der Waals surface area contributed by atoms with Crippen LogP contribution in [0.15, 0.2) is 48.7 Å². The molecule has 1 aliphatic heterocycles. The fourth-order valence-electron chi connectivity index (χ4n) is 3.39. The zero-order valence-electron chi connectivity index (χ0n) is 15.9. The lowest BCUT2D eigenvalue weighted by Gasteiger charge is -2.25. The van der Waals surface area contributed by atoms with Gasteiger partial charge in [0.25, 0.3) is 0 Å². The summed E-state index contributed by atoms with van der Waals surface area (Å²) in [4.78, 5) is 29.5. The molecule has 148 valence electrons. The summed E-state index contributed by atoms with van der Waals surface area (Å²) in [7, 11) is 0. The number of nitrogens with one attached hydrogen (secondary N) is 1. The topological polar surface area (TPSA) is 82.5 Å². The van der Waals surface area contributed by atoms with Crippen molar-refractivity contribution in [3.8, 4) is 0 Å². The maximum atomic E-state index is 13.8. The van der Waals surface area contributed by atoms with Crippen LogP contribution in [0.5, 0.6) is 0 Å². The van der Waals surface area contributed by atoms with Gasteiger partial charge >= 0.3 is 6.09 Å². The highest BCUT2D eigenvalue weighted by molar-refractivity contribution is 5.86. The van der Waals surface area contributed by atoms with E-state index in [4.69, 9.17) is 0 Å².